The molecule has 0 aliphatic carbocycles. The van der Waals surface area contributed by atoms with E-state index in [1.807, 2.05) is 43.5 Å². The molecule has 2 nitrogen and oxygen atoms in total. The van der Waals surface area contributed by atoms with E-state index < -0.39 is 0 Å². The molecule has 0 aliphatic heterocycles. The van der Waals surface area contributed by atoms with Crippen LogP contribution in [-0.4, -0.2) is 4.40 Å². The molecular weight excluding hydrogens is 220 g/mol. The lowest BCUT2D eigenvalue weighted by atomic mass is 10.1. The van der Waals surface area contributed by atoms with E-state index in [4.69, 9.17) is 0 Å². The van der Waals surface area contributed by atoms with Crippen LogP contribution in [-0.2, 0) is 0 Å². The third-order valence-electron chi connectivity index (χ3n) is 3.12. The van der Waals surface area contributed by atoms with Crippen LogP contribution < -0.4 is 0 Å². The zero-order chi connectivity index (χ0) is 12.5. The molecule has 86 valence electrons. The molecule has 0 aliphatic rings. The number of hydrogen-bond donors (Lipinski definition) is 0. The number of aromatic nitrogens is 1. The van der Waals surface area contributed by atoms with Crippen molar-refractivity contribution in [2.24, 2.45) is 0 Å². The lowest BCUT2D eigenvalue weighted by molar-refractivity contribution is 1.19. The van der Waals surface area contributed by atoms with Crippen molar-refractivity contribution in [2.75, 3.05) is 0 Å². The molecule has 3 rings (SSSR count). The summed E-state index contributed by atoms with van der Waals surface area (Å²) in [5.74, 6) is 0. The van der Waals surface area contributed by atoms with Gasteiger partial charge in [0.1, 0.15) is 6.07 Å². The van der Waals surface area contributed by atoms with Gasteiger partial charge in [-0.1, -0.05) is 30.3 Å². The fourth-order valence-electron chi connectivity index (χ4n) is 2.22. The highest BCUT2D eigenvalue weighted by molar-refractivity contribution is 5.74. The van der Waals surface area contributed by atoms with Gasteiger partial charge in [-0.05, 0) is 36.2 Å². The first-order chi connectivity index (χ1) is 8.79. The molecule has 18 heavy (non-hydrogen) atoms. The Hall–Kier alpha value is -2.53. The van der Waals surface area contributed by atoms with Crippen molar-refractivity contribution in [1.82, 2.24) is 4.40 Å². The number of hydrogen-bond acceptors (Lipinski definition) is 1. The Kier molecular flexibility index (Phi) is 2.39. The molecule has 2 heterocycles. The molecule has 0 radical (unpaired) electrons. The maximum absolute atomic E-state index is 9.22. The summed E-state index contributed by atoms with van der Waals surface area (Å²) in [6.07, 6.45) is 2.02. The first-order valence-corrected chi connectivity index (χ1v) is 5.87. The highest BCUT2D eigenvalue weighted by Crippen LogP contribution is 2.26. The third-order valence-corrected chi connectivity index (χ3v) is 3.12. The predicted molar refractivity (Wildman–Crippen MR) is 72.3 cm³/mol. The van der Waals surface area contributed by atoms with E-state index in [1.54, 1.807) is 0 Å². The van der Waals surface area contributed by atoms with Crippen molar-refractivity contribution >= 4 is 5.52 Å². The molecule has 0 N–H and O–H groups in total. The summed E-state index contributed by atoms with van der Waals surface area (Å²) < 4.78 is 2.07. The molecular formula is C16H12N2. The van der Waals surface area contributed by atoms with Crippen LogP contribution in [0.4, 0.5) is 0 Å². The number of nitrogens with zero attached hydrogens (tertiary/aromatic N) is 2. The summed E-state index contributed by atoms with van der Waals surface area (Å²) in [6.45, 7) is 2.04. The Labute approximate surface area is 106 Å². The molecule has 0 atom stereocenters. The maximum Gasteiger partial charge on any atom is 0.101 e. The summed E-state index contributed by atoms with van der Waals surface area (Å²) in [4.78, 5) is 0. The summed E-state index contributed by atoms with van der Waals surface area (Å²) in [5.41, 5.74) is 5.03. The Morgan fingerprint density at radius 1 is 1.06 bits per heavy atom. The molecule has 0 spiro atoms. The standard InChI is InChI=1S/C16H12N2/c1-12-7-8-18-15(9-12)14(11-17)10-16(18)13-5-3-2-4-6-13/h2-10H,1H3. The minimum absolute atomic E-state index is 0.720. The fraction of sp³-hybridized carbons (Fsp3) is 0.0625. The van der Waals surface area contributed by atoms with Crippen LogP contribution in [0.25, 0.3) is 16.8 Å². The van der Waals surface area contributed by atoms with Crippen LogP contribution in [0.5, 0.6) is 0 Å². The van der Waals surface area contributed by atoms with Crippen LogP contribution in [0.15, 0.2) is 54.7 Å². The van der Waals surface area contributed by atoms with Crippen LogP contribution in [0.2, 0.25) is 0 Å². The Morgan fingerprint density at radius 3 is 2.56 bits per heavy atom. The zero-order valence-corrected chi connectivity index (χ0v) is 10.1. The van der Waals surface area contributed by atoms with Crippen molar-refractivity contribution in [2.45, 2.75) is 6.92 Å². The molecule has 2 heteroatoms. The van der Waals surface area contributed by atoms with Gasteiger partial charge in [0.05, 0.1) is 16.8 Å². The normalized spacial score (nSPS) is 10.4. The van der Waals surface area contributed by atoms with Gasteiger partial charge in [0.15, 0.2) is 0 Å². The van der Waals surface area contributed by atoms with E-state index in [9.17, 15) is 5.26 Å². The number of aryl methyl sites for hydroxylation is 1. The molecule has 0 saturated carbocycles. The van der Waals surface area contributed by atoms with E-state index >= 15 is 0 Å². The average molecular weight is 232 g/mol. The minimum Gasteiger partial charge on any atom is -0.315 e. The average Bonchev–Trinajstić information content (AvgIpc) is 2.77. The second-order valence-corrected chi connectivity index (χ2v) is 4.38. The molecule has 0 fully saturated rings. The van der Waals surface area contributed by atoms with Gasteiger partial charge in [-0.25, -0.2) is 0 Å². The largest absolute Gasteiger partial charge is 0.315 e. The Balaban J connectivity index is 2.35. The highest BCUT2D eigenvalue weighted by atomic mass is 14.9. The van der Waals surface area contributed by atoms with Gasteiger partial charge in [-0.15, -0.1) is 0 Å². The van der Waals surface area contributed by atoms with Crippen molar-refractivity contribution in [3.8, 4) is 17.3 Å². The van der Waals surface area contributed by atoms with Crippen molar-refractivity contribution in [1.29, 1.82) is 5.26 Å². The first kappa shape index (κ1) is 10.6. The van der Waals surface area contributed by atoms with Gasteiger partial charge in [0, 0.05) is 6.20 Å². The molecule has 2 aromatic heterocycles. The summed E-state index contributed by atoms with van der Waals surface area (Å²) in [7, 11) is 0. The predicted octanol–water partition coefficient (Wildman–Crippen LogP) is 3.79. The van der Waals surface area contributed by atoms with E-state index in [1.165, 1.54) is 0 Å². The van der Waals surface area contributed by atoms with E-state index in [0.29, 0.717) is 0 Å². The van der Waals surface area contributed by atoms with Gasteiger partial charge in [-0.2, -0.15) is 5.26 Å². The van der Waals surface area contributed by atoms with Crippen molar-refractivity contribution in [3.05, 3.63) is 65.9 Å². The van der Waals surface area contributed by atoms with Gasteiger partial charge in [0.25, 0.3) is 0 Å². The van der Waals surface area contributed by atoms with E-state index in [0.717, 1.165) is 27.9 Å². The lowest BCUT2D eigenvalue weighted by Gasteiger charge is -2.03. The van der Waals surface area contributed by atoms with Crippen molar-refractivity contribution < 1.29 is 0 Å². The minimum atomic E-state index is 0.720. The summed E-state index contributed by atoms with van der Waals surface area (Å²) in [6, 6.07) is 18.4. The monoisotopic (exact) mass is 232 g/mol. The second-order valence-electron chi connectivity index (χ2n) is 4.38. The van der Waals surface area contributed by atoms with E-state index in [-0.39, 0.29) is 0 Å². The highest BCUT2D eigenvalue weighted by Gasteiger charge is 2.09. The topological polar surface area (TPSA) is 28.2 Å². The molecule has 3 aromatic rings. The zero-order valence-electron chi connectivity index (χ0n) is 10.1. The van der Waals surface area contributed by atoms with Crippen LogP contribution in [0.3, 0.4) is 0 Å². The number of rotatable bonds is 1. The molecule has 0 unspecified atom stereocenters. The summed E-state index contributed by atoms with van der Waals surface area (Å²) in [5, 5.41) is 9.22. The number of pyridine rings is 1. The van der Waals surface area contributed by atoms with Crippen LogP contribution in [0.1, 0.15) is 11.1 Å². The van der Waals surface area contributed by atoms with Gasteiger partial charge < -0.3 is 4.40 Å². The number of benzene rings is 1. The summed E-state index contributed by atoms with van der Waals surface area (Å²) >= 11 is 0. The molecule has 1 aromatic carbocycles. The SMILES string of the molecule is Cc1ccn2c(-c3ccccc3)cc(C#N)c2c1. The quantitative estimate of drug-likeness (QED) is 0.627. The van der Waals surface area contributed by atoms with Gasteiger partial charge in [0.2, 0.25) is 0 Å². The fourth-order valence-corrected chi connectivity index (χ4v) is 2.22. The molecule has 0 saturated heterocycles. The van der Waals surface area contributed by atoms with Gasteiger partial charge >= 0.3 is 0 Å². The maximum atomic E-state index is 9.22. The Bertz CT molecular complexity index is 746. The molecule has 0 amide bonds. The lowest BCUT2D eigenvalue weighted by Crippen LogP contribution is -1.88. The third kappa shape index (κ3) is 1.57. The van der Waals surface area contributed by atoms with Gasteiger partial charge in [-0.3, -0.25) is 0 Å². The van der Waals surface area contributed by atoms with E-state index in [2.05, 4.69) is 28.7 Å². The van der Waals surface area contributed by atoms with Crippen LogP contribution >= 0.6 is 0 Å². The number of nitriles is 1. The van der Waals surface area contributed by atoms with Crippen LogP contribution in [0, 0.1) is 18.3 Å². The van der Waals surface area contributed by atoms with Crippen molar-refractivity contribution in [3.63, 3.8) is 0 Å². The first-order valence-electron chi connectivity index (χ1n) is 5.87. The molecule has 0 bridgehead atoms. The second kappa shape index (κ2) is 4.05. The number of fused-ring (bicyclic) bond motifs is 1. The Morgan fingerprint density at radius 2 is 1.83 bits per heavy atom. The smallest absolute Gasteiger partial charge is 0.101 e.